The zero-order valence-electron chi connectivity index (χ0n) is 12.2. The van der Waals surface area contributed by atoms with Gasteiger partial charge in [0.1, 0.15) is 5.69 Å². The maximum Gasteiger partial charge on any atom is 0.152 e. The van der Waals surface area contributed by atoms with E-state index in [1.807, 2.05) is 31.3 Å². The topological polar surface area (TPSA) is 84.6 Å². The van der Waals surface area contributed by atoms with Crippen LogP contribution in [0.15, 0.2) is 29.3 Å². The molecule has 6 nitrogen and oxygen atoms in total. The summed E-state index contributed by atoms with van der Waals surface area (Å²) >= 11 is 0. The number of rotatable bonds is 8. The number of para-hydroxylation sites is 1. The molecule has 0 unspecified atom stereocenters. The molecule has 0 atom stereocenters. The Morgan fingerprint density at radius 2 is 2.05 bits per heavy atom. The standard InChI is InChI=1S/C15H21N5O/c1-17-7-9-21-10-8-19-13-11-5-3-4-6-12(11)20-15(16)14(13)18-2/h3-6,17H,2,7-10H2,1H3,(H3,16,19,20). The number of nitrogen functional groups attached to an aromatic ring is 1. The first-order valence-electron chi connectivity index (χ1n) is 6.89. The number of hydrogen-bond acceptors (Lipinski definition) is 6. The molecule has 112 valence electrons. The summed E-state index contributed by atoms with van der Waals surface area (Å²) in [7, 11) is 1.90. The number of aliphatic imine (C=N–C) groups is 1. The van der Waals surface area contributed by atoms with Crippen LogP contribution in [0.1, 0.15) is 0 Å². The van der Waals surface area contributed by atoms with Gasteiger partial charge in [-0.15, -0.1) is 0 Å². The van der Waals surface area contributed by atoms with Gasteiger partial charge in [0.25, 0.3) is 0 Å². The number of benzene rings is 1. The number of pyridine rings is 1. The lowest BCUT2D eigenvalue weighted by Crippen LogP contribution is -2.17. The van der Waals surface area contributed by atoms with Crippen LogP contribution < -0.4 is 16.4 Å². The summed E-state index contributed by atoms with van der Waals surface area (Å²) in [5, 5.41) is 7.33. The van der Waals surface area contributed by atoms with Crippen molar-refractivity contribution in [2.45, 2.75) is 0 Å². The van der Waals surface area contributed by atoms with Crippen molar-refractivity contribution in [3.05, 3.63) is 24.3 Å². The zero-order valence-corrected chi connectivity index (χ0v) is 12.2. The van der Waals surface area contributed by atoms with E-state index in [4.69, 9.17) is 10.5 Å². The zero-order chi connectivity index (χ0) is 15.1. The maximum atomic E-state index is 5.94. The molecule has 0 aliphatic rings. The number of hydrogen-bond donors (Lipinski definition) is 3. The molecule has 0 saturated carbocycles. The van der Waals surface area contributed by atoms with Crippen molar-refractivity contribution in [3.63, 3.8) is 0 Å². The predicted octanol–water partition coefficient (Wildman–Crippen LogP) is 1.80. The summed E-state index contributed by atoms with van der Waals surface area (Å²) in [6.07, 6.45) is 0. The minimum atomic E-state index is 0.377. The second kappa shape index (κ2) is 7.56. The molecule has 0 radical (unpaired) electrons. The number of fused-ring (bicyclic) bond motifs is 1. The molecular weight excluding hydrogens is 266 g/mol. The van der Waals surface area contributed by atoms with Gasteiger partial charge >= 0.3 is 0 Å². The van der Waals surface area contributed by atoms with Crippen LogP contribution >= 0.6 is 0 Å². The smallest absolute Gasteiger partial charge is 0.152 e. The van der Waals surface area contributed by atoms with Crippen LogP contribution in [-0.2, 0) is 4.74 Å². The van der Waals surface area contributed by atoms with E-state index in [1.165, 1.54) is 0 Å². The number of nitrogens with one attached hydrogen (secondary N) is 2. The molecule has 21 heavy (non-hydrogen) atoms. The van der Waals surface area contributed by atoms with Gasteiger partial charge < -0.3 is 21.1 Å². The number of ether oxygens (including phenoxy) is 1. The molecule has 0 spiro atoms. The molecule has 0 aliphatic carbocycles. The third-order valence-corrected chi connectivity index (χ3v) is 3.10. The SMILES string of the molecule is C=Nc1c(N)nc2ccccc2c1NCCOCCNC. The van der Waals surface area contributed by atoms with Gasteiger partial charge in [0.2, 0.25) is 0 Å². The van der Waals surface area contributed by atoms with Gasteiger partial charge in [-0.25, -0.2) is 4.98 Å². The Bertz CT molecular complexity index is 614. The Morgan fingerprint density at radius 1 is 1.29 bits per heavy atom. The molecule has 1 aromatic carbocycles. The van der Waals surface area contributed by atoms with Gasteiger partial charge in [-0.2, -0.15) is 0 Å². The highest BCUT2D eigenvalue weighted by atomic mass is 16.5. The van der Waals surface area contributed by atoms with Crippen molar-refractivity contribution in [1.29, 1.82) is 0 Å². The highest BCUT2D eigenvalue weighted by molar-refractivity contribution is 6.00. The van der Waals surface area contributed by atoms with E-state index in [9.17, 15) is 0 Å². The molecule has 1 heterocycles. The largest absolute Gasteiger partial charge is 0.382 e. The van der Waals surface area contributed by atoms with E-state index in [0.717, 1.165) is 23.1 Å². The third kappa shape index (κ3) is 3.68. The van der Waals surface area contributed by atoms with Crippen molar-refractivity contribution in [3.8, 4) is 0 Å². The van der Waals surface area contributed by atoms with Crippen LogP contribution in [0, 0.1) is 0 Å². The second-order valence-corrected chi connectivity index (χ2v) is 4.54. The summed E-state index contributed by atoms with van der Waals surface area (Å²) in [5.74, 6) is 0.377. The van der Waals surface area contributed by atoms with Crippen molar-refractivity contribution in [1.82, 2.24) is 10.3 Å². The van der Waals surface area contributed by atoms with E-state index < -0.39 is 0 Å². The Morgan fingerprint density at radius 3 is 2.81 bits per heavy atom. The lowest BCUT2D eigenvalue weighted by molar-refractivity contribution is 0.147. The Hall–Kier alpha value is -2.18. The van der Waals surface area contributed by atoms with E-state index in [1.54, 1.807) is 0 Å². The van der Waals surface area contributed by atoms with Crippen LogP contribution in [0.3, 0.4) is 0 Å². The van der Waals surface area contributed by atoms with Crippen molar-refractivity contribution in [2.75, 3.05) is 44.4 Å². The first-order chi connectivity index (χ1) is 10.3. The normalized spacial score (nSPS) is 10.7. The summed E-state index contributed by atoms with van der Waals surface area (Å²) in [5.41, 5.74) is 8.22. The van der Waals surface area contributed by atoms with Crippen molar-refractivity contribution >= 4 is 34.8 Å². The summed E-state index contributed by atoms with van der Waals surface area (Å²) in [4.78, 5) is 8.34. The number of anilines is 2. The highest BCUT2D eigenvalue weighted by Gasteiger charge is 2.11. The van der Waals surface area contributed by atoms with E-state index in [-0.39, 0.29) is 0 Å². The highest BCUT2D eigenvalue weighted by Crippen LogP contribution is 2.36. The van der Waals surface area contributed by atoms with Crippen LogP contribution in [0.25, 0.3) is 10.9 Å². The predicted molar refractivity (Wildman–Crippen MR) is 88.6 cm³/mol. The molecule has 0 amide bonds. The number of likely N-dealkylation sites (N-methyl/N-ethyl adjacent to an activating group) is 1. The lowest BCUT2D eigenvalue weighted by atomic mass is 10.1. The Balaban J connectivity index is 2.15. The van der Waals surface area contributed by atoms with Crippen LogP contribution in [-0.4, -0.2) is 45.1 Å². The molecule has 0 fully saturated rings. The molecule has 2 rings (SSSR count). The third-order valence-electron chi connectivity index (χ3n) is 3.10. The molecular formula is C15H21N5O. The Labute approximate surface area is 124 Å². The van der Waals surface area contributed by atoms with Gasteiger partial charge in [-0.3, -0.25) is 4.99 Å². The molecule has 2 aromatic rings. The van der Waals surface area contributed by atoms with Crippen LogP contribution in [0.5, 0.6) is 0 Å². The fourth-order valence-corrected chi connectivity index (χ4v) is 2.08. The Kier molecular flexibility index (Phi) is 5.48. The van der Waals surface area contributed by atoms with Gasteiger partial charge in [-0.1, -0.05) is 18.2 Å². The first-order valence-corrected chi connectivity index (χ1v) is 6.89. The van der Waals surface area contributed by atoms with Crippen LogP contribution in [0.4, 0.5) is 17.2 Å². The summed E-state index contributed by atoms with van der Waals surface area (Å²) in [6.45, 7) is 6.37. The van der Waals surface area contributed by atoms with Crippen molar-refractivity contribution < 1.29 is 4.74 Å². The van der Waals surface area contributed by atoms with E-state index >= 15 is 0 Å². The lowest BCUT2D eigenvalue weighted by Gasteiger charge is -2.14. The molecule has 6 heteroatoms. The summed E-state index contributed by atoms with van der Waals surface area (Å²) < 4.78 is 5.49. The number of aromatic nitrogens is 1. The molecule has 0 bridgehead atoms. The molecule has 4 N–H and O–H groups in total. The quantitative estimate of drug-likeness (QED) is 0.509. The fraction of sp³-hybridized carbons (Fsp3) is 0.333. The van der Waals surface area contributed by atoms with Gasteiger partial charge in [0.05, 0.1) is 24.4 Å². The van der Waals surface area contributed by atoms with Crippen LogP contribution in [0.2, 0.25) is 0 Å². The monoisotopic (exact) mass is 287 g/mol. The van der Waals surface area contributed by atoms with E-state index in [0.29, 0.717) is 31.3 Å². The molecule has 0 saturated heterocycles. The minimum absolute atomic E-state index is 0.377. The first kappa shape index (κ1) is 15.2. The van der Waals surface area contributed by atoms with Gasteiger partial charge in [0.15, 0.2) is 5.82 Å². The molecule has 0 aliphatic heterocycles. The van der Waals surface area contributed by atoms with Gasteiger partial charge in [-0.05, 0) is 19.8 Å². The van der Waals surface area contributed by atoms with Crippen molar-refractivity contribution in [2.24, 2.45) is 4.99 Å². The fourth-order valence-electron chi connectivity index (χ4n) is 2.08. The average molecular weight is 287 g/mol. The minimum Gasteiger partial charge on any atom is -0.382 e. The average Bonchev–Trinajstić information content (AvgIpc) is 2.50. The molecule has 1 aromatic heterocycles. The maximum absolute atomic E-state index is 5.94. The summed E-state index contributed by atoms with van der Waals surface area (Å²) in [6, 6.07) is 7.80. The number of nitrogens with two attached hydrogens (primary N) is 1. The second-order valence-electron chi connectivity index (χ2n) is 4.54. The van der Waals surface area contributed by atoms with Gasteiger partial charge in [0, 0.05) is 18.5 Å². The van der Waals surface area contributed by atoms with E-state index in [2.05, 4.69) is 27.3 Å². The number of nitrogens with zero attached hydrogens (tertiary/aromatic N) is 2.